The smallest absolute Gasteiger partial charge is 0.374 e. The van der Waals surface area contributed by atoms with Crippen LogP contribution in [0.25, 0.3) is 0 Å². The zero-order valence-corrected chi connectivity index (χ0v) is 12.3. The normalized spacial score (nSPS) is 17.2. The minimum absolute atomic E-state index is 0.0630. The fourth-order valence-corrected chi connectivity index (χ4v) is 2.96. The molecule has 0 bridgehead atoms. The van der Waals surface area contributed by atoms with E-state index in [9.17, 15) is 14.0 Å². The highest BCUT2D eigenvalue weighted by molar-refractivity contribution is 6.03. The van der Waals surface area contributed by atoms with Crippen LogP contribution in [-0.2, 0) is 11.2 Å². The molecule has 4 nitrogen and oxygen atoms in total. The molecule has 1 aromatic heterocycles. The molecule has 1 aliphatic carbocycles. The van der Waals surface area contributed by atoms with Crippen molar-refractivity contribution >= 4 is 11.8 Å². The highest BCUT2D eigenvalue weighted by atomic mass is 19.1. The Bertz CT molecular complexity index is 743. The summed E-state index contributed by atoms with van der Waals surface area (Å²) in [6.07, 6.45) is 0.824. The Morgan fingerprint density at radius 1 is 1.27 bits per heavy atom. The molecular weight excluding hydrogens is 287 g/mol. The summed E-state index contributed by atoms with van der Waals surface area (Å²) in [6, 6.07) is 6.11. The Kier molecular flexibility index (Phi) is 3.56. The molecule has 0 spiro atoms. The van der Waals surface area contributed by atoms with Crippen molar-refractivity contribution in [3.05, 3.63) is 58.3 Å². The van der Waals surface area contributed by atoms with Crippen LogP contribution in [0.1, 0.15) is 50.1 Å². The van der Waals surface area contributed by atoms with Crippen LogP contribution >= 0.6 is 0 Å². The second-order valence-corrected chi connectivity index (χ2v) is 5.43. The van der Waals surface area contributed by atoms with Crippen molar-refractivity contribution in [1.82, 2.24) is 0 Å². The molecule has 1 aromatic carbocycles. The molecule has 3 rings (SSSR count). The fraction of sp³-hybridized carbons (Fsp3) is 0.294. The first-order valence-corrected chi connectivity index (χ1v) is 7.00. The second-order valence-electron chi connectivity index (χ2n) is 5.43. The van der Waals surface area contributed by atoms with E-state index >= 15 is 0 Å². The Morgan fingerprint density at radius 2 is 1.95 bits per heavy atom. The number of hydrogen-bond donors (Lipinski definition) is 0. The molecule has 114 valence electrons. The van der Waals surface area contributed by atoms with Crippen LogP contribution in [0.5, 0.6) is 0 Å². The highest BCUT2D eigenvalue weighted by Gasteiger charge is 2.34. The molecule has 0 N–H and O–H groups in total. The van der Waals surface area contributed by atoms with E-state index in [4.69, 9.17) is 4.42 Å². The van der Waals surface area contributed by atoms with E-state index in [2.05, 4.69) is 4.74 Å². The van der Waals surface area contributed by atoms with Crippen molar-refractivity contribution in [1.29, 1.82) is 0 Å². The summed E-state index contributed by atoms with van der Waals surface area (Å²) in [5.74, 6) is -0.445. The van der Waals surface area contributed by atoms with Gasteiger partial charge in [-0.15, -0.1) is 0 Å². The summed E-state index contributed by atoms with van der Waals surface area (Å²) in [5.41, 5.74) is 1.90. The third kappa shape index (κ3) is 2.32. The summed E-state index contributed by atoms with van der Waals surface area (Å²) in [5, 5.41) is 0. The lowest BCUT2D eigenvalue weighted by molar-refractivity contribution is 0.0561. The Balaban J connectivity index is 1.97. The van der Waals surface area contributed by atoms with Gasteiger partial charge in [-0.3, -0.25) is 4.79 Å². The maximum absolute atomic E-state index is 13.0. The first kappa shape index (κ1) is 14.5. The lowest BCUT2D eigenvalue weighted by Gasteiger charge is -2.20. The minimum atomic E-state index is -0.585. The van der Waals surface area contributed by atoms with Crippen molar-refractivity contribution in [3.8, 4) is 0 Å². The second kappa shape index (κ2) is 5.40. The lowest BCUT2D eigenvalue weighted by Crippen LogP contribution is -2.18. The van der Waals surface area contributed by atoms with E-state index in [1.165, 1.54) is 19.2 Å². The van der Waals surface area contributed by atoms with Crippen LogP contribution < -0.4 is 0 Å². The van der Waals surface area contributed by atoms with Gasteiger partial charge in [-0.1, -0.05) is 12.1 Å². The molecule has 1 atom stereocenters. The number of furan rings is 1. The van der Waals surface area contributed by atoms with Crippen molar-refractivity contribution in [3.63, 3.8) is 0 Å². The number of carbonyl (C=O) groups excluding carboxylic acids is 2. The zero-order chi connectivity index (χ0) is 15.9. The molecule has 1 heterocycles. The number of fused-ring (bicyclic) bond motifs is 1. The molecule has 22 heavy (non-hydrogen) atoms. The molecule has 5 heteroatoms. The number of esters is 1. The van der Waals surface area contributed by atoms with Gasteiger partial charge in [0.05, 0.1) is 12.7 Å². The van der Waals surface area contributed by atoms with Gasteiger partial charge in [0.1, 0.15) is 11.6 Å². The lowest BCUT2D eigenvalue weighted by atomic mass is 9.82. The first-order chi connectivity index (χ1) is 10.5. The molecule has 0 saturated heterocycles. The minimum Gasteiger partial charge on any atom is -0.463 e. The van der Waals surface area contributed by atoms with Gasteiger partial charge < -0.3 is 9.15 Å². The van der Waals surface area contributed by atoms with Gasteiger partial charge in [0.15, 0.2) is 5.78 Å². The number of halogens is 1. The van der Waals surface area contributed by atoms with Crippen molar-refractivity contribution in [2.45, 2.75) is 25.7 Å². The van der Waals surface area contributed by atoms with Crippen LogP contribution in [0.3, 0.4) is 0 Å². The predicted octanol–water partition coefficient (Wildman–Crippen LogP) is 3.43. The summed E-state index contributed by atoms with van der Waals surface area (Å²) in [4.78, 5) is 24.1. The first-order valence-electron chi connectivity index (χ1n) is 7.00. The number of carbonyl (C=O) groups is 2. The van der Waals surface area contributed by atoms with Crippen molar-refractivity contribution < 1.29 is 23.1 Å². The molecule has 0 fully saturated rings. The number of benzene rings is 1. The summed E-state index contributed by atoms with van der Waals surface area (Å²) < 4.78 is 23.3. The van der Waals surface area contributed by atoms with Crippen LogP contribution in [-0.4, -0.2) is 18.9 Å². The van der Waals surface area contributed by atoms with Gasteiger partial charge in [0.25, 0.3) is 0 Å². The van der Waals surface area contributed by atoms with Crippen LogP contribution in [0.15, 0.2) is 28.7 Å². The van der Waals surface area contributed by atoms with Crippen LogP contribution in [0.4, 0.5) is 4.39 Å². The number of methoxy groups -OCH3 is 1. The average Bonchev–Trinajstić information content (AvgIpc) is 2.84. The monoisotopic (exact) mass is 302 g/mol. The quantitative estimate of drug-likeness (QED) is 0.798. The van der Waals surface area contributed by atoms with Gasteiger partial charge in [0.2, 0.25) is 5.76 Å². The van der Waals surface area contributed by atoms with Gasteiger partial charge in [-0.2, -0.15) is 0 Å². The summed E-state index contributed by atoms with van der Waals surface area (Å²) in [6.45, 7) is 1.69. The molecule has 0 saturated carbocycles. The molecular formula is C17H15FO4. The van der Waals surface area contributed by atoms with E-state index in [0.717, 1.165) is 5.56 Å². The standard InChI is InChI=1S/C17H15FO4/c1-9-15-13(19)7-11(10-3-5-12(18)6-4-10)8-14(15)22-16(9)17(20)21-2/h3-6,11H,7-8H2,1-2H3/t11-/m1/s1. The van der Waals surface area contributed by atoms with Gasteiger partial charge in [-0.25, -0.2) is 9.18 Å². The fourth-order valence-electron chi connectivity index (χ4n) is 2.96. The summed E-state index contributed by atoms with van der Waals surface area (Å²) in [7, 11) is 1.27. The largest absolute Gasteiger partial charge is 0.463 e. The van der Waals surface area contributed by atoms with Gasteiger partial charge in [0, 0.05) is 18.4 Å². The molecule has 0 unspecified atom stereocenters. The summed E-state index contributed by atoms with van der Waals surface area (Å²) >= 11 is 0. The van der Waals surface area contributed by atoms with Crippen molar-refractivity contribution in [2.24, 2.45) is 0 Å². The molecule has 2 aromatic rings. The van der Waals surface area contributed by atoms with E-state index in [1.54, 1.807) is 19.1 Å². The molecule has 1 aliphatic rings. The third-order valence-electron chi connectivity index (χ3n) is 4.07. The third-order valence-corrected chi connectivity index (χ3v) is 4.07. The average molecular weight is 302 g/mol. The topological polar surface area (TPSA) is 56.5 Å². The highest BCUT2D eigenvalue weighted by Crippen LogP contribution is 2.36. The Hall–Kier alpha value is -2.43. The molecule has 0 radical (unpaired) electrons. The van der Waals surface area contributed by atoms with E-state index in [-0.39, 0.29) is 23.3 Å². The van der Waals surface area contributed by atoms with Crippen molar-refractivity contribution in [2.75, 3.05) is 7.11 Å². The maximum atomic E-state index is 13.0. The number of ether oxygens (including phenoxy) is 1. The van der Waals surface area contributed by atoms with E-state index in [1.807, 2.05) is 0 Å². The molecule has 0 aliphatic heterocycles. The number of rotatable bonds is 2. The number of Topliss-reactive ketones (excluding diaryl/α,β-unsaturated/α-hetero) is 1. The predicted molar refractivity (Wildman–Crippen MR) is 76.6 cm³/mol. The number of ketones is 1. The Labute approximate surface area is 126 Å². The van der Waals surface area contributed by atoms with Crippen LogP contribution in [0, 0.1) is 12.7 Å². The maximum Gasteiger partial charge on any atom is 0.374 e. The van der Waals surface area contributed by atoms with Gasteiger partial charge >= 0.3 is 5.97 Å². The Morgan fingerprint density at radius 3 is 2.59 bits per heavy atom. The van der Waals surface area contributed by atoms with E-state index < -0.39 is 5.97 Å². The van der Waals surface area contributed by atoms with E-state index in [0.29, 0.717) is 29.7 Å². The zero-order valence-electron chi connectivity index (χ0n) is 12.3. The molecule has 0 amide bonds. The van der Waals surface area contributed by atoms with Crippen LogP contribution in [0.2, 0.25) is 0 Å². The van der Waals surface area contributed by atoms with Gasteiger partial charge in [-0.05, 0) is 30.5 Å². The SMILES string of the molecule is COC(=O)c1oc2c(c1C)C(=O)C[C@@H](c1ccc(F)cc1)C2. The number of hydrogen-bond acceptors (Lipinski definition) is 4.